The molecule has 21 heavy (non-hydrogen) atoms. The average molecular weight is 316 g/mol. The second-order valence-electron chi connectivity index (χ2n) is 5.87. The van der Waals surface area contributed by atoms with Crippen LogP contribution in [0, 0.1) is 12.8 Å². The number of nitrogens with zero attached hydrogens (tertiary/aromatic N) is 2. The number of rotatable bonds is 9. The average Bonchev–Trinajstić information content (AvgIpc) is 2.72. The number of aromatic nitrogens is 2. The fourth-order valence-electron chi connectivity index (χ4n) is 2.81. The number of nitrogens with one attached hydrogen (secondary N) is 1. The fraction of sp³-hybridized carbons (Fsp3) is 0.812. The lowest BCUT2D eigenvalue weighted by molar-refractivity contribution is 0.0327. The molecular formula is C16H30ClN3O. The van der Waals surface area contributed by atoms with E-state index in [0.29, 0.717) is 5.92 Å². The lowest BCUT2D eigenvalue weighted by atomic mass is 9.95. The summed E-state index contributed by atoms with van der Waals surface area (Å²) in [7, 11) is 1.79. The Hall–Kier alpha value is -0.580. The van der Waals surface area contributed by atoms with E-state index >= 15 is 0 Å². The molecule has 2 unspecified atom stereocenters. The predicted molar refractivity (Wildman–Crippen MR) is 89.1 cm³/mol. The SMILES string of the molecule is CCCNC(Cc1c(Cl)c(C)nn1CC)C(OC)C(C)C. The Morgan fingerprint density at radius 1 is 1.33 bits per heavy atom. The number of hydrogen-bond donors (Lipinski definition) is 1. The Morgan fingerprint density at radius 3 is 2.48 bits per heavy atom. The van der Waals surface area contributed by atoms with Gasteiger partial charge in [0.05, 0.1) is 22.5 Å². The van der Waals surface area contributed by atoms with Gasteiger partial charge in [0.15, 0.2) is 0 Å². The second-order valence-corrected chi connectivity index (χ2v) is 6.25. The molecule has 0 spiro atoms. The van der Waals surface area contributed by atoms with Crippen LogP contribution in [0.1, 0.15) is 45.5 Å². The monoisotopic (exact) mass is 315 g/mol. The summed E-state index contributed by atoms with van der Waals surface area (Å²) in [5, 5.41) is 8.91. The van der Waals surface area contributed by atoms with Crippen molar-refractivity contribution in [1.29, 1.82) is 0 Å². The van der Waals surface area contributed by atoms with Crippen LogP contribution >= 0.6 is 11.6 Å². The van der Waals surface area contributed by atoms with Gasteiger partial charge in [-0.1, -0.05) is 32.4 Å². The molecule has 0 amide bonds. The van der Waals surface area contributed by atoms with Crippen molar-refractivity contribution in [2.24, 2.45) is 5.92 Å². The molecule has 0 aromatic carbocycles. The maximum absolute atomic E-state index is 6.45. The number of methoxy groups -OCH3 is 1. The van der Waals surface area contributed by atoms with Crippen molar-refractivity contribution in [2.75, 3.05) is 13.7 Å². The van der Waals surface area contributed by atoms with E-state index in [0.717, 1.165) is 42.3 Å². The highest BCUT2D eigenvalue weighted by molar-refractivity contribution is 6.31. The van der Waals surface area contributed by atoms with Crippen molar-refractivity contribution in [3.8, 4) is 0 Å². The van der Waals surface area contributed by atoms with Crippen LogP contribution in [0.15, 0.2) is 0 Å². The van der Waals surface area contributed by atoms with Gasteiger partial charge in [0.1, 0.15) is 0 Å². The molecule has 122 valence electrons. The number of aryl methyl sites for hydroxylation is 2. The summed E-state index contributed by atoms with van der Waals surface area (Å²) in [6, 6.07) is 0.244. The summed E-state index contributed by atoms with van der Waals surface area (Å²) in [6.07, 6.45) is 2.10. The predicted octanol–water partition coefficient (Wildman–Crippen LogP) is 3.45. The van der Waals surface area contributed by atoms with Gasteiger partial charge in [0.2, 0.25) is 0 Å². The molecule has 2 atom stereocenters. The van der Waals surface area contributed by atoms with Crippen LogP contribution in [0.25, 0.3) is 0 Å². The van der Waals surface area contributed by atoms with Gasteiger partial charge in [-0.25, -0.2) is 0 Å². The van der Waals surface area contributed by atoms with Crippen LogP contribution in [0.3, 0.4) is 0 Å². The summed E-state index contributed by atoms with van der Waals surface area (Å²) < 4.78 is 7.73. The molecule has 1 rings (SSSR count). The second kappa shape index (κ2) is 8.76. The zero-order valence-electron chi connectivity index (χ0n) is 14.2. The third-order valence-corrected chi connectivity index (χ3v) is 4.34. The van der Waals surface area contributed by atoms with Gasteiger partial charge in [-0.2, -0.15) is 5.10 Å². The first-order chi connectivity index (χ1) is 9.96. The summed E-state index contributed by atoms with van der Waals surface area (Å²) in [4.78, 5) is 0. The molecule has 1 aromatic rings. The van der Waals surface area contributed by atoms with Crippen molar-refractivity contribution in [2.45, 2.75) is 66.2 Å². The first-order valence-corrected chi connectivity index (χ1v) is 8.31. The highest BCUT2D eigenvalue weighted by Gasteiger charge is 2.27. The van der Waals surface area contributed by atoms with Gasteiger partial charge in [0, 0.05) is 26.1 Å². The van der Waals surface area contributed by atoms with Gasteiger partial charge in [-0.05, 0) is 32.7 Å². The molecule has 0 aliphatic carbocycles. The molecule has 1 N–H and O–H groups in total. The summed E-state index contributed by atoms with van der Waals surface area (Å²) >= 11 is 6.45. The molecular weight excluding hydrogens is 286 g/mol. The summed E-state index contributed by atoms with van der Waals surface area (Å²) in [5.74, 6) is 0.447. The van der Waals surface area contributed by atoms with E-state index in [1.807, 2.05) is 11.6 Å². The minimum absolute atomic E-state index is 0.160. The Balaban J connectivity index is 3.00. The van der Waals surface area contributed by atoms with Crippen molar-refractivity contribution < 1.29 is 4.74 Å². The Labute approximate surface area is 134 Å². The van der Waals surface area contributed by atoms with E-state index in [4.69, 9.17) is 16.3 Å². The van der Waals surface area contributed by atoms with Crippen LogP contribution in [0.2, 0.25) is 5.02 Å². The molecule has 4 nitrogen and oxygen atoms in total. The first kappa shape index (κ1) is 18.5. The van der Waals surface area contributed by atoms with E-state index in [9.17, 15) is 0 Å². The summed E-state index contributed by atoms with van der Waals surface area (Å²) in [6.45, 7) is 12.4. The van der Waals surface area contributed by atoms with Crippen molar-refractivity contribution in [1.82, 2.24) is 15.1 Å². The third kappa shape index (κ3) is 4.70. The Morgan fingerprint density at radius 2 is 2.00 bits per heavy atom. The quantitative estimate of drug-likeness (QED) is 0.758. The topological polar surface area (TPSA) is 39.1 Å². The zero-order chi connectivity index (χ0) is 16.0. The van der Waals surface area contributed by atoms with E-state index in [-0.39, 0.29) is 12.1 Å². The Bertz CT molecular complexity index is 431. The lowest BCUT2D eigenvalue weighted by Crippen LogP contribution is -2.46. The Kier molecular flexibility index (Phi) is 7.71. The minimum atomic E-state index is 0.160. The minimum Gasteiger partial charge on any atom is -0.380 e. The largest absolute Gasteiger partial charge is 0.380 e. The fourth-order valence-corrected chi connectivity index (χ4v) is 3.02. The third-order valence-electron chi connectivity index (χ3n) is 3.85. The number of halogens is 1. The van der Waals surface area contributed by atoms with Crippen LogP contribution in [0.5, 0.6) is 0 Å². The van der Waals surface area contributed by atoms with Gasteiger partial charge < -0.3 is 10.1 Å². The van der Waals surface area contributed by atoms with E-state index < -0.39 is 0 Å². The molecule has 0 saturated carbocycles. The molecule has 1 aromatic heterocycles. The van der Waals surface area contributed by atoms with Crippen LogP contribution in [-0.4, -0.2) is 35.6 Å². The van der Waals surface area contributed by atoms with Crippen molar-refractivity contribution in [3.63, 3.8) is 0 Å². The van der Waals surface area contributed by atoms with Crippen LogP contribution in [-0.2, 0) is 17.7 Å². The zero-order valence-corrected chi connectivity index (χ0v) is 15.0. The molecule has 0 radical (unpaired) electrons. The molecule has 0 bridgehead atoms. The van der Waals surface area contributed by atoms with Gasteiger partial charge in [-0.15, -0.1) is 0 Å². The molecule has 0 aliphatic rings. The summed E-state index contributed by atoms with van der Waals surface area (Å²) in [5.41, 5.74) is 2.01. The molecule has 5 heteroatoms. The van der Waals surface area contributed by atoms with Gasteiger partial charge in [-0.3, -0.25) is 4.68 Å². The molecule has 0 fully saturated rings. The first-order valence-electron chi connectivity index (χ1n) is 7.94. The van der Waals surface area contributed by atoms with E-state index in [1.54, 1.807) is 7.11 Å². The van der Waals surface area contributed by atoms with Gasteiger partial charge in [0.25, 0.3) is 0 Å². The van der Waals surface area contributed by atoms with Crippen LogP contribution in [0.4, 0.5) is 0 Å². The maximum Gasteiger partial charge on any atom is 0.0847 e. The lowest BCUT2D eigenvalue weighted by Gasteiger charge is -2.30. The normalized spacial score (nSPS) is 14.7. The highest BCUT2D eigenvalue weighted by atomic mass is 35.5. The maximum atomic E-state index is 6.45. The smallest absolute Gasteiger partial charge is 0.0847 e. The van der Waals surface area contributed by atoms with Crippen LogP contribution < -0.4 is 5.32 Å². The standard InChI is InChI=1S/C16H30ClN3O/c1-7-9-18-13(16(21-6)11(3)4)10-14-15(17)12(5)19-20(14)8-2/h11,13,16,18H,7-10H2,1-6H3. The van der Waals surface area contributed by atoms with Crippen molar-refractivity contribution >= 4 is 11.6 Å². The highest BCUT2D eigenvalue weighted by Crippen LogP contribution is 2.24. The van der Waals surface area contributed by atoms with Crippen molar-refractivity contribution in [3.05, 3.63) is 16.4 Å². The molecule has 0 saturated heterocycles. The molecule has 0 aliphatic heterocycles. The van der Waals surface area contributed by atoms with E-state index in [1.165, 1.54) is 0 Å². The molecule has 1 heterocycles. The number of hydrogen-bond acceptors (Lipinski definition) is 3. The van der Waals surface area contributed by atoms with Gasteiger partial charge >= 0.3 is 0 Å². The number of ether oxygens (including phenoxy) is 1. The van der Waals surface area contributed by atoms with E-state index in [2.05, 4.69) is 38.1 Å².